The van der Waals surface area contributed by atoms with Crippen LogP contribution in [0.25, 0.3) is 0 Å². The van der Waals surface area contributed by atoms with E-state index in [2.05, 4.69) is 47.3 Å². The highest BCUT2D eigenvalue weighted by molar-refractivity contribution is 5.69. The smallest absolute Gasteiger partial charge is 0.305 e. The van der Waals surface area contributed by atoms with Crippen molar-refractivity contribution in [3.63, 3.8) is 0 Å². The number of carbonyl (C=O) groups excluding carboxylic acids is 2. The third kappa shape index (κ3) is 8.04. The van der Waals surface area contributed by atoms with Gasteiger partial charge in [0.1, 0.15) is 0 Å². The molecule has 0 bridgehead atoms. The predicted octanol–water partition coefficient (Wildman–Crippen LogP) is 5.15. The summed E-state index contributed by atoms with van der Waals surface area (Å²) in [4.78, 5) is 24.0. The molecule has 182 valence electrons. The topological polar surface area (TPSA) is 71.1 Å². The first kappa shape index (κ1) is 26.6. The number of rotatable bonds is 10. The lowest BCUT2D eigenvalue weighted by Crippen LogP contribution is -2.41. The van der Waals surface area contributed by atoms with Crippen LogP contribution in [0.4, 0.5) is 0 Å². The summed E-state index contributed by atoms with van der Waals surface area (Å²) in [6.45, 7) is 17.5. The Bertz CT molecular complexity index is 705. The monoisotopic (exact) mass is 450 g/mol. The number of ether oxygens (including phenoxy) is 4. The van der Waals surface area contributed by atoms with Crippen molar-refractivity contribution in [3.05, 3.63) is 23.8 Å². The molecule has 6 nitrogen and oxygen atoms in total. The van der Waals surface area contributed by atoms with Gasteiger partial charge in [0.05, 0.1) is 38.1 Å². The Morgan fingerprint density at radius 2 is 1.69 bits per heavy atom. The zero-order valence-corrected chi connectivity index (χ0v) is 20.8. The van der Waals surface area contributed by atoms with Crippen LogP contribution >= 0.6 is 0 Å². The van der Waals surface area contributed by atoms with Crippen molar-refractivity contribution < 1.29 is 28.5 Å². The first-order valence-electron chi connectivity index (χ1n) is 11.8. The molecule has 2 aliphatic heterocycles. The van der Waals surface area contributed by atoms with Gasteiger partial charge in [0.25, 0.3) is 0 Å². The zero-order chi connectivity index (χ0) is 23.9. The molecule has 1 fully saturated rings. The normalized spacial score (nSPS) is 24.6. The molecule has 0 aromatic rings. The van der Waals surface area contributed by atoms with E-state index < -0.39 is 0 Å². The maximum absolute atomic E-state index is 12.4. The maximum Gasteiger partial charge on any atom is 0.305 e. The lowest BCUT2D eigenvalue weighted by atomic mass is 9.82. The Hall–Kier alpha value is -1.66. The van der Waals surface area contributed by atoms with Crippen LogP contribution in [-0.2, 0) is 28.5 Å². The minimum absolute atomic E-state index is 0.0219. The van der Waals surface area contributed by atoms with Crippen molar-refractivity contribution in [1.82, 2.24) is 0 Å². The lowest BCUT2D eigenvalue weighted by molar-refractivity contribution is -0.155. The van der Waals surface area contributed by atoms with Crippen LogP contribution in [0.15, 0.2) is 23.8 Å². The average Bonchev–Trinajstić information content (AvgIpc) is 2.74. The van der Waals surface area contributed by atoms with Crippen molar-refractivity contribution in [1.29, 1.82) is 0 Å². The van der Waals surface area contributed by atoms with Gasteiger partial charge >= 0.3 is 11.9 Å². The molecule has 0 amide bonds. The summed E-state index contributed by atoms with van der Waals surface area (Å²) in [5.41, 5.74) is 1.85. The fraction of sp³-hybridized carbons (Fsp3) is 0.769. The zero-order valence-electron chi connectivity index (χ0n) is 20.8. The van der Waals surface area contributed by atoms with Crippen LogP contribution in [0.1, 0.15) is 80.1 Å². The Morgan fingerprint density at radius 3 is 2.31 bits per heavy atom. The average molecular weight is 451 g/mol. The molecule has 2 heterocycles. The summed E-state index contributed by atoms with van der Waals surface area (Å²) >= 11 is 0. The molecule has 0 saturated carbocycles. The Kier molecular flexibility index (Phi) is 9.53. The highest BCUT2D eigenvalue weighted by Gasteiger charge is 2.36. The van der Waals surface area contributed by atoms with Crippen molar-refractivity contribution in [3.8, 4) is 0 Å². The van der Waals surface area contributed by atoms with Gasteiger partial charge in [0.2, 0.25) is 0 Å². The highest BCUT2D eigenvalue weighted by atomic mass is 16.5. The second kappa shape index (κ2) is 11.5. The Labute approximate surface area is 193 Å². The standard InChI is InChI=1S/C26H42O6/c1-8-23(27)30-17-26(6,7)22-15-19(3)13-20(32-22)9-10-24(28)31-16-25(4,5)21-14-18(2)11-12-29-21/h13,20-22H,2,8-12,14-17H2,1,3-7H3. The Morgan fingerprint density at radius 1 is 1.06 bits per heavy atom. The largest absolute Gasteiger partial charge is 0.465 e. The molecule has 3 atom stereocenters. The second-order valence-electron chi connectivity index (χ2n) is 10.6. The van der Waals surface area contributed by atoms with E-state index >= 15 is 0 Å². The first-order chi connectivity index (χ1) is 14.9. The predicted molar refractivity (Wildman–Crippen MR) is 124 cm³/mol. The van der Waals surface area contributed by atoms with E-state index in [4.69, 9.17) is 18.9 Å². The van der Waals surface area contributed by atoms with Crippen molar-refractivity contribution in [2.24, 2.45) is 10.8 Å². The molecule has 6 heteroatoms. The van der Waals surface area contributed by atoms with Crippen LogP contribution < -0.4 is 0 Å². The third-order valence-electron chi connectivity index (χ3n) is 6.44. The van der Waals surface area contributed by atoms with E-state index in [1.54, 1.807) is 6.92 Å². The van der Waals surface area contributed by atoms with Gasteiger partial charge in [0, 0.05) is 23.7 Å². The molecular weight excluding hydrogens is 408 g/mol. The summed E-state index contributed by atoms with van der Waals surface area (Å²) in [7, 11) is 0. The van der Waals surface area contributed by atoms with Gasteiger partial charge < -0.3 is 18.9 Å². The van der Waals surface area contributed by atoms with Gasteiger partial charge in [-0.15, -0.1) is 0 Å². The number of hydrogen-bond donors (Lipinski definition) is 0. The van der Waals surface area contributed by atoms with E-state index in [0.717, 1.165) is 19.3 Å². The summed E-state index contributed by atoms with van der Waals surface area (Å²) in [6, 6.07) is 0. The summed E-state index contributed by atoms with van der Waals surface area (Å²) in [5, 5.41) is 0. The van der Waals surface area contributed by atoms with Crippen LogP contribution in [-0.4, -0.2) is 50.1 Å². The lowest BCUT2D eigenvalue weighted by Gasteiger charge is -2.39. The molecule has 0 aromatic carbocycles. The van der Waals surface area contributed by atoms with Gasteiger partial charge in [0.15, 0.2) is 0 Å². The minimum atomic E-state index is -0.312. The number of esters is 2. The molecule has 0 radical (unpaired) electrons. The molecule has 0 spiro atoms. The van der Waals surface area contributed by atoms with Gasteiger partial charge in [-0.25, -0.2) is 0 Å². The SMILES string of the molecule is C=C1CCOC(C(C)(C)COC(=O)CCC2C=C(C)CC(C(C)(C)COC(=O)CC)O2)C1. The molecule has 0 aliphatic carbocycles. The van der Waals surface area contributed by atoms with Gasteiger partial charge in [-0.1, -0.05) is 58.4 Å². The van der Waals surface area contributed by atoms with Crippen molar-refractivity contribution >= 4 is 11.9 Å². The van der Waals surface area contributed by atoms with Gasteiger partial charge in [-0.05, 0) is 32.6 Å². The van der Waals surface area contributed by atoms with Gasteiger partial charge in [-0.2, -0.15) is 0 Å². The molecular formula is C26H42O6. The molecule has 1 saturated heterocycles. The van der Waals surface area contributed by atoms with E-state index in [0.29, 0.717) is 39.1 Å². The summed E-state index contributed by atoms with van der Waals surface area (Å²) in [6.07, 6.45) is 5.61. The summed E-state index contributed by atoms with van der Waals surface area (Å²) < 4.78 is 23.1. The fourth-order valence-electron chi connectivity index (χ4n) is 4.01. The first-order valence-corrected chi connectivity index (χ1v) is 11.8. The second-order valence-corrected chi connectivity index (χ2v) is 10.6. The number of carbonyl (C=O) groups is 2. The molecule has 2 rings (SSSR count). The number of hydrogen-bond acceptors (Lipinski definition) is 6. The maximum atomic E-state index is 12.4. The van der Waals surface area contributed by atoms with Gasteiger partial charge in [-0.3, -0.25) is 9.59 Å². The van der Waals surface area contributed by atoms with Crippen LogP contribution in [0, 0.1) is 10.8 Å². The van der Waals surface area contributed by atoms with E-state index in [1.807, 2.05) is 0 Å². The third-order valence-corrected chi connectivity index (χ3v) is 6.44. The fourth-order valence-corrected chi connectivity index (χ4v) is 4.01. The summed E-state index contributed by atoms with van der Waals surface area (Å²) in [5.74, 6) is -0.424. The molecule has 3 unspecified atom stereocenters. The molecule has 32 heavy (non-hydrogen) atoms. The van der Waals surface area contributed by atoms with Crippen LogP contribution in [0.2, 0.25) is 0 Å². The molecule has 2 aliphatic rings. The van der Waals surface area contributed by atoms with Crippen LogP contribution in [0.5, 0.6) is 0 Å². The molecule has 0 N–H and O–H groups in total. The van der Waals surface area contributed by atoms with E-state index in [-0.39, 0.29) is 41.1 Å². The minimum Gasteiger partial charge on any atom is -0.465 e. The van der Waals surface area contributed by atoms with Crippen molar-refractivity contribution in [2.45, 2.75) is 98.4 Å². The molecule has 0 aromatic heterocycles. The van der Waals surface area contributed by atoms with Crippen molar-refractivity contribution in [2.75, 3.05) is 19.8 Å². The van der Waals surface area contributed by atoms with E-state index in [9.17, 15) is 9.59 Å². The van der Waals surface area contributed by atoms with E-state index in [1.165, 1.54) is 11.1 Å². The van der Waals surface area contributed by atoms with Crippen LogP contribution in [0.3, 0.4) is 0 Å². The quantitative estimate of drug-likeness (QED) is 0.338. The Balaban J connectivity index is 1.81. The highest BCUT2D eigenvalue weighted by Crippen LogP contribution is 2.35.